The van der Waals surface area contributed by atoms with Crippen LogP contribution in [0.2, 0.25) is 0 Å². The van der Waals surface area contributed by atoms with Crippen LogP contribution in [0, 0.1) is 6.92 Å². The number of hydrogen-bond donors (Lipinski definition) is 1. The van der Waals surface area contributed by atoms with Crippen molar-refractivity contribution in [2.24, 2.45) is 0 Å². The molecule has 0 spiro atoms. The van der Waals surface area contributed by atoms with Gasteiger partial charge in [0, 0.05) is 5.56 Å². The van der Waals surface area contributed by atoms with Crippen LogP contribution in [0.5, 0.6) is 0 Å². The Morgan fingerprint density at radius 1 is 1.28 bits per heavy atom. The summed E-state index contributed by atoms with van der Waals surface area (Å²) in [5, 5.41) is 0. The number of rotatable bonds is 2. The maximum Gasteiger partial charge on any atom is 0.456 e. The summed E-state index contributed by atoms with van der Waals surface area (Å²) in [5.74, 6) is -1.67. The van der Waals surface area contributed by atoms with Crippen LogP contribution in [0.3, 0.4) is 0 Å². The molecule has 1 N–H and O–H groups in total. The number of imidazole rings is 1. The van der Waals surface area contributed by atoms with Crippen LogP contribution in [-0.2, 0) is 0 Å². The minimum atomic E-state index is -4.89. The molecule has 2 aromatic rings. The van der Waals surface area contributed by atoms with Crippen LogP contribution in [0.25, 0.3) is 11.4 Å². The second kappa shape index (κ2) is 4.29. The molecule has 0 unspecified atom stereocenters. The molecule has 0 radical (unpaired) electrons. The number of aromatic nitrogens is 2. The zero-order valence-corrected chi connectivity index (χ0v) is 9.38. The van der Waals surface area contributed by atoms with Crippen LogP contribution < -0.4 is 0 Å². The first-order valence-electron chi connectivity index (χ1n) is 5.12. The maximum absolute atomic E-state index is 12.2. The minimum Gasteiger partial charge on any atom is -0.335 e. The van der Waals surface area contributed by atoms with E-state index in [1.807, 2.05) is 19.1 Å². The Kier molecular flexibility index (Phi) is 2.94. The van der Waals surface area contributed by atoms with Gasteiger partial charge in [0.05, 0.1) is 6.20 Å². The molecule has 0 saturated heterocycles. The van der Waals surface area contributed by atoms with Gasteiger partial charge >= 0.3 is 6.18 Å². The summed E-state index contributed by atoms with van der Waals surface area (Å²) in [4.78, 5) is 17.2. The van der Waals surface area contributed by atoms with E-state index in [-0.39, 0.29) is 5.82 Å². The standard InChI is InChI=1S/C12H9F3N2O/c1-7-4-2-3-5-8(7)11-16-6-9(17-11)10(18)12(13,14)15/h2-6H,1H3,(H,16,17). The number of H-pyrrole nitrogens is 1. The topological polar surface area (TPSA) is 45.8 Å². The second-order valence-electron chi connectivity index (χ2n) is 3.79. The lowest BCUT2D eigenvalue weighted by atomic mass is 10.1. The van der Waals surface area contributed by atoms with E-state index >= 15 is 0 Å². The van der Waals surface area contributed by atoms with Crippen molar-refractivity contribution in [2.75, 3.05) is 0 Å². The van der Waals surface area contributed by atoms with Gasteiger partial charge in [0.15, 0.2) is 0 Å². The van der Waals surface area contributed by atoms with Gasteiger partial charge in [0.2, 0.25) is 0 Å². The number of Topliss-reactive ketones (excluding diaryl/α,β-unsaturated/α-hetero) is 1. The van der Waals surface area contributed by atoms with Crippen LogP contribution in [-0.4, -0.2) is 21.9 Å². The lowest BCUT2D eigenvalue weighted by Crippen LogP contribution is -2.22. The molecular weight excluding hydrogens is 245 g/mol. The number of carbonyl (C=O) groups is 1. The zero-order valence-electron chi connectivity index (χ0n) is 9.38. The van der Waals surface area contributed by atoms with E-state index in [1.54, 1.807) is 12.1 Å². The highest BCUT2D eigenvalue weighted by molar-refractivity contribution is 5.98. The molecule has 6 heteroatoms. The molecule has 0 atom stereocenters. The zero-order chi connectivity index (χ0) is 13.3. The number of nitrogens with zero attached hydrogens (tertiary/aromatic N) is 1. The normalized spacial score (nSPS) is 11.6. The van der Waals surface area contributed by atoms with E-state index < -0.39 is 17.7 Å². The van der Waals surface area contributed by atoms with Crippen molar-refractivity contribution in [1.29, 1.82) is 0 Å². The quantitative estimate of drug-likeness (QED) is 0.837. The van der Waals surface area contributed by atoms with Crippen molar-refractivity contribution < 1.29 is 18.0 Å². The molecule has 1 aromatic heterocycles. The van der Waals surface area contributed by atoms with Crippen molar-refractivity contribution in [3.8, 4) is 11.4 Å². The van der Waals surface area contributed by atoms with E-state index in [0.29, 0.717) is 5.56 Å². The molecule has 0 aliphatic rings. The first-order valence-corrected chi connectivity index (χ1v) is 5.12. The van der Waals surface area contributed by atoms with E-state index in [0.717, 1.165) is 11.8 Å². The summed E-state index contributed by atoms with van der Waals surface area (Å²) in [6.45, 7) is 1.81. The summed E-state index contributed by atoms with van der Waals surface area (Å²) < 4.78 is 36.7. The summed E-state index contributed by atoms with van der Waals surface area (Å²) in [6, 6.07) is 7.08. The number of alkyl halides is 3. The van der Waals surface area contributed by atoms with Crippen molar-refractivity contribution in [3.05, 3.63) is 41.7 Å². The third kappa shape index (κ3) is 2.27. The van der Waals surface area contributed by atoms with Gasteiger partial charge < -0.3 is 4.98 Å². The van der Waals surface area contributed by atoms with Crippen molar-refractivity contribution in [3.63, 3.8) is 0 Å². The van der Waals surface area contributed by atoms with Crippen LogP contribution >= 0.6 is 0 Å². The van der Waals surface area contributed by atoms with E-state index in [2.05, 4.69) is 9.97 Å². The lowest BCUT2D eigenvalue weighted by molar-refractivity contribution is -0.0888. The minimum absolute atomic E-state index is 0.251. The van der Waals surface area contributed by atoms with Gasteiger partial charge in [-0.25, -0.2) is 4.98 Å². The second-order valence-corrected chi connectivity index (χ2v) is 3.79. The molecule has 3 nitrogen and oxygen atoms in total. The Balaban J connectivity index is 2.38. The summed E-state index contributed by atoms with van der Waals surface area (Å²) in [5.41, 5.74) is 0.970. The molecule has 0 bridgehead atoms. The first kappa shape index (κ1) is 12.3. The highest BCUT2D eigenvalue weighted by Crippen LogP contribution is 2.24. The molecule has 94 valence electrons. The van der Waals surface area contributed by atoms with Crippen LogP contribution in [0.4, 0.5) is 13.2 Å². The molecule has 0 aliphatic heterocycles. The largest absolute Gasteiger partial charge is 0.456 e. The van der Waals surface area contributed by atoms with E-state index in [4.69, 9.17) is 0 Å². The number of halogens is 3. The number of ketones is 1. The van der Waals surface area contributed by atoms with Gasteiger partial charge in [0.25, 0.3) is 5.78 Å². The number of hydrogen-bond acceptors (Lipinski definition) is 2. The van der Waals surface area contributed by atoms with Crippen molar-refractivity contribution in [2.45, 2.75) is 13.1 Å². The summed E-state index contributed by atoms with van der Waals surface area (Å²) in [6.07, 6.45) is -3.99. The van der Waals surface area contributed by atoms with Gasteiger partial charge in [-0.1, -0.05) is 24.3 Å². The first-order chi connectivity index (χ1) is 8.39. The molecule has 0 aliphatic carbocycles. The Morgan fingerprint density at radius 3 is 2.56 bits per heavy atom. The molecule has 2 rings (SSSR count). The van der Waals surface area contributed by atoms with Gasteiger partial charge in [-0.15, -0.1) is 0 Å². The fourth-order valence-electron chi connectivity index (χ4n) is 1.56. The monoisotopic (exact) mass is 254 g/mol. The van der Waals surface area contributed by atoms with Crippen molar-refractivity contribution >= 4 is 5.78 Å². The number of nitrogens with one attached hydrogen (secondary N) is 1. The maximum atomic E-state index is 12.2. The van der Waals surface area contributed by atoms with E-state index in [9.17, 15) is 18.0 Å². The molecule has 1 heterocycles. The van der Waals surface area contributed by atoms with Gasteiger partial charge in [-0.05, 0) is 12.5 Å². The van der Waals surface area contributed by atoms with Gasteiger partial charge in [0.1, 0.15) is 11.5 Å². The fourth-order valence-corrected chi connectivity index (χ4v) is 1.56. The SMILES string of the molecule is Cc1ccccc1-c1ncc(C(=O)C(F)(F)F)[nH]1. The Bertz CT molecular complexity index is 587. The Labute approximate surface area is 101 Å². The van der Waals surface area contributed by atoms with Crippen molar-refractivity contribution in [1.82, 2.24) is 9.97 Å². The molecule has 1 aromatic carbocycles. The number of aryl methyl sites for hydroxylation is 1. The average Bonchev–Trinajstić information content (AvgIpc) is 2.76. The molecule has 18 heavy (non-hydrogen) atoms. The van der Waals surface area contributed by atoms with E-state index in [1.165, 1.54) is 0 Å². The predicted octanol–water partition coefficient (Wildman–Crippen LogP) is 3.13. The van der Waals surface area contributed by atoms with Crippen LogP contribution in [0.15, 0.2) is 30.5 Å². The lowest BCUT2D eigenvalue weighted by Gasteiger charge is -2.03. The van der Waals surface area contributed by atoms with Gasteiger partial charge in [-0.3, -0.25) is 4.79 Å². The highest BCUT2D eigenvalue weighted by Gasteiger charge is 2.40. The smallest absolute Gasteiger partial charge is 0.335 e. The number of benzene rings is 1. The highest BCUT2D eigenvalue weighted by atomic mass is 19.4. The molecule has 0 saturated carbocycles. The fraction of sp³-hybridized carbons (Fsp3) is 0.167. The van der Waals surface area contributed by atoms with Crippen LogP contribution in [0.1, 0.15) is 16.1 Å². The average molecular weight is 254 g/mol. The van der Waals surface area contributed by atoms with Gasteiger partial charge in [-0.2, -0.15) is 13.2 Å². The number of carbonyl (C=O) groups excluding carboxylic acids is 1. The number of aromatic amines is 1. The predicted molar refractivity (Wildman–Crippen MR) is 59.1 cm³/mol. The Morgan fingerprint density at radius 2 is 1.94 bits per heavy atom. The molecule has 0 amide bonds. The summed E-state index contributed by atoms with van der Waals surface area (Å²) >= 11 is 0. The third-order valence-corrected chi connectivity index (χ3v) is 2.48. The molecular formula is C12H9F3N2O. The summed E-state index contributed by atoms with van der Waals surface area (Å²) in [7, 11) is 0. The Hall–Kier alpha value is -2.11. The third-order valence-electron chi connectivity index (χ3n) is 2.48. The molecule has 0 fully saturated rings.